The molecule has 5 heteroatoms. The fraction of sp³-hybridized carbons (Fsp3) is 0.192. The van der Waals surface area contributed by atoms with Crippen LogP contribution in [0.15, 0.2) is 85.3 Å². The van der Waals surface area contributed by atoms with Crippen LogP contribution in [0.3, 0.4) is 0 Å². The molecule has 3 heterocycles. The lowest BCUT2D eigenvalue weighted by atomic mass is 9.95. The number of carbonyl (C=O) groups is 1. The number of benzene rings is 2. The number of hydrogen-bond donors (Lipinski definition) is 0. The first-order valence-corrected chi connectivity index (χ1v) is 10.6. The van der Waals surface area contributed by atoms with Crippen LogP contribution < -0.4 is 4.90 Å². The van der Waals surface area contributed by atoms with Gasteiger partial charge in [-0.1, -0.05) is 48.5 Å². The summed E-state index contributed by atoms with van der Waals surface area (Å²) in [6, 6.07) is 22.3. The molecular weight excluding hydrogens is 384 g/mol. The Bertz CT molecular complexity index is 1200. The summed E-state index contributed by atoms with van der Waals surface area (Å²) in [5, 5.41) is 4.80. The monoisotopic (exact) mass is 408 g/mol. The van der Waals surface area contributed by atoms with Crippen molar-refractivity contribution in [3.63, 3.8) is 0 Å². The SMILES string of the molecule is CC1CCc2ccccc2N1C(=O)c1cn(Cc2ccccc2)nc1-c1cccnc1. The van der Waals surface area contributed by atoms with E-state index in [2.05, 4.69) is 30.1 Å². The Morgan fingerprint density at radius 1 is 1.03 bits per heavy atom. The van der Waals surface area contributed by atoms with Crippen molar-refractivity contribution in [3.8, 4) is 11.3 Å². The number of anilines is 1. The average molecular weight is 409 g/mol. The molecule has 0 N–H and O–H groups in total. The van der Waals surface area contributed by atoms with E-state index < -0.39 is 0 Å². The molecule has 0 fully saturated rings. The maximum absolute atomic E-state index is 13.9. The smallest absolute Gasteiger partial charge is 0.262 e. The molecule has 1 atom stereocenters. The van der Waals surface area contributed by atoms with Crippen molar-refractivity contribution in [1.82, 2.24) is 14.8 Å². The van der Waals surface area contributed by atoms with E-state index in [1.165, 1.54) is 5.56 Å². The predicted octanol–water partition coefficient (Wildman–Crippen LogP) is 4.97. The van der Waals surface area contributed by atoms with E-state index in [1.54, 1.807) is 12.4 Å². The third-order valence-corrected chi connectivity index (χ3v) is 5.86. The van der Waals surface area contributed by atoms with Gasteiger partial charge < -0.3 is 4.90 Å². The van der Waals surface area contributed by atoms with Gasteiger partial charge in [0, 0.05) is 35.9 Å². The van der Waals surface area contributed by atoms with Gasteiger partial charge in [-0.2, -0.15) is 5.10 Å². The van der Waals surface area contributed by atoms with Crippen LogP contribution in [0.5, 0.6) is 0 Å². The topological polar surface area (TPSA) is 51.0 Å². The van der Waals surface area contributed by atoms with E-state index in [9.17, 15) is 4.79 Å². The molecule has 5 nitrogen and oxygen atoms in total. The Balaban J connectivity index is 1.58. The average Bonchev–Trinajstić information content (AvgIpc) is 3.24. The van der Waals surface area contributed by atoms with Crippen LogP contribution in [0.25, 0.3) is 11.3 Å². The molecule has 0 radical (unpaired) electrons. The third-order valence-electron chi connectivity index (χ3n) is 5.86. The molecule has 0 aliphatic carbocycles. The summed E-state index contributed by atoms with van der Waals surface area (Å²) in [5.74, 6) is -0.0159. The molecule has 0 saturated carbocycles. The lowest BCUT2D eigenvalue weighted by molar-refractivity contribution is 0.0975. The first kappa shape index (κ1) is 19.2. The highest BCUT2D eigenvalue weighted by molar-refractivity contribution is 6.10. The van der Waals surface area contributed by atoms with Gasteiger partial charge in [-0.25, -0.2) is 0 Å². The standard InChI is InChI=1S/C26H24N4O/c1-19-13-14-21-10-5-6-12-24(21)30(19)26(31)23-18-29(17-20-8-3-2-4-9-20)28-25(23)22-11-7-15-27-16-22/h2-12,15-16,18-19H,13-14,17H2,1H3. The fourth-order valence-corrected chi connectivity index (χ4v) is 4.27. The second-order valence-electron chi connectivity index (χ2n) is 8.01. The molecule has 1 aliphatic heterocycles. The van der Waals surface area contributed by atoms with Gasteiger partial charge in [-0.3, -0.25) is 14.5 Å². The zero-order chi connectivity index (χ0) is 21.2. The van der Waals surface area contributed by atoms with Crippen molar-refractivity contribution in [3.05, 3.63) is 102 Å². The second-order valence-corrected chi connectivity index (χ2v) is 8.01. The summed E-state index contributed by atoms with van der Waals surface area (Å²) >= 11 is 0. The van der Waals surface area contributed by atoms with Crippen LogP contribution in [-0.4, -0.2) is 26.7 Å². The minimum Gasteiger partial charge on any atom is -0.305 e. The Hall–Kier alpha value is -3.73. The zero-order valence-electron chi connectivity index (χ0n) is 17.5. The number of fused-ring (bicyclic) bond motifs is 1. The van der Waals surface area contributed by atoms with Gasteiger partial charge in [0.15, 0.2) is 0 Å². The van der Waals surface area contributed by atoms with Crippen LogP contribution in [0.1, 0.15) is 34.8 Å². The van der Waals surface area contributed by atoms with E-state index in [0.717, 1.165) is 29.7 Å². The number of rotatable bonds is 4. The largest absolute Gasteiger partial charge is 0.305 e. The molecule has 1 amide bonds. The van der Waals surface area contributed by atoms with Gasteiger partial charge in [0.25, 0.3) is 5.91 Å². The van der Waals surface area contributed by atoms with Crippen LogP contribution in [0.2, 0.25) is 0 Å². The Morgan fingerprint density at radius 2 is 1.84 bits per heavy atom. The number of carbonyl (C=O) groups excluding carboxylic acids is 1. The van der Waals surface area contributed by atoms with Gasteiger partial charge >= 0.3 is 0 Å². The molecule has 31 heavy (non-hydrogen) atoms. The van der Waals surface area contributed by atoms with Crippen molar-refractivity contribution in [2.75, 3.05) is 4.90 Å². The van der Waals surface area contributed by atoms with Crippen LogP contribution >= 0.6 is 0 Å². The molecule has 0 saturated heterocycles. The van der Waals surface area contributed by atoms with Crippen molar-refractivity contribution in [2.45, 2.75) is 32.4 Å². The van der Waals surface area contributed by atoms with E-state index >= 15 is 0 Å². The number of aryl methyl sites for hydroxylation is 1. The van der Waals surface area contributed by atoms with Gasteiger partial charge in [-0.15, -0.1) is 0 Å². The highest BCUT2D eigenvalue weighted by atomic mass is 16.2. The molecule has 0 spiro atoms. The lowest BCUT2D eigenvalue weighted by Crippen LogP contribution is -2.42. The Labute approximate surface area is 182 Å². The molecule has 1 aliphatic rings. The van der Waals surface area contributed by atoms with E-state index in [4.69, 9.17) is 5.10 Å². The normalized spacial score (nSPS) is 15.5. The van der Waals surface area contributed by atoms with Crippen LogP contribution in [0, 0.1) is 0 Å². The van der Waals surface area contributed by atoms with Crippen LogP contribution in [0.4, 0.5) is 5.69 Å². The predicted molar refractivity (Wildman–Crippen MR) is 122 cm³/mol. The van der Waals surface area contributed by atoms with Crippen LogP contribution in [-0.2, 0) is 13.0 Å². The number of nitrogens with zero attached hydrogens (tertiary/aromatic N) is 4. The number of hydrogen-bond acceptors (Lipinski definition) is 3. The number of pyridine rings is 1. The first-order valence-electron chi connectivity index (χ1n) is 10.6. The molecule has 5 rings (SSSR count). The molecular formula is C26H24N4O. The minimum atomic E-state index is -0.0159. The highest BCUT2D eigenvalue weighted by Crippen LogP contribution is 2.33. The third kappa shape index (κ3) is 3.75. The quantitative estimate of drug-likeness (QED) is 0.479. The number of aromatic nitrogens is 3. The summed E-state index contributed by atoms with van der Waals surface area (Å²) in [4.78, 5) is 20.1. The summed E-state index contributed by atoms with van der Waals surface area (Å²) < 4.78 is 1.85. The maximum atomic E-state index is 13.9. The van der Waals surface area contributed by atoms with Crippen molar-refractivity contribution in [1.29, 1.82) is 0 Å². The summed E-state index contributed by atoms with van der Waals surface area (Å²) in [5.41, 5.74) is 5.47. The highest BCUT2D eigenvalue weighted by Gasteiger charge is 2.31. The first-order chi connectivity index (χ1) is 15.2. The van der Waals surface area contributed by atoms with E-state index in [1.807, 2.05) is 64.3 Å². The zero-order valence-corrected chi connectivity index (χ0v) is 17.5. The molecule has 1 unspecified atom stereocenters. The molecule has 154 valence electrons. The summed E-state index contributed by atoms with van der Waals surface area (Å²) in [7, 11) is 0. The summed E-state index contributed by atoms with van der Waals surface area (Å²) in [6.45, 7) is 2.72. The molecule has 2 aromatic heterocycles. The van der Waals surface area contributed by atoms with E-state index in [-0.39, 0.29) is 11.9 Å². The van der Waals surface area contributed by atoms with Gasteiger partial charge in [-0.05, 0) is 49.1 Å². The van der Waals surface area contributed by atoms with Gasteiger partial charge in [0.2, 0.25) is 0 Å². The molecule has 0 bridgehead atoms. The van der Waals surface area contributed by atoms with E-state index in [0.29, 0.717) is 17.8 Å². The Morgan fingerprint density at radius 3 is 2.65 bits per heavy atom. The molecule has 2 aromatic carbocycles. The second kappa shape index (κ2) is 8.19. The summed E-state index contributed by atoms with van der Waals surface area (Å²) in [6.07, 6.45) is 7.31. The van der Waals surface area contributed by atoms with Crippen molar-refractivity contribution >= 4 is 11.6 Å². The lowest BCUT2D eigenvalue weighted by Gasteiger charge is -2.35. The Kier molecular flexibility index (Phi) is 5.08. The fourth-order valence-electron chi connectivity index (χ4n) is 4.27. The van der Waals surface area contributed by atoms with Gasteiger partial charge in [0.05, 0.1) is 12.1 Å². The van der Waals surface area contributed by atoms with Gasteiger partial charge in [0.1, 0.15) is 5.69 Å². The van der Waals surface area contributed by atoms with Crippen molar-refractivity contribution in [2.24, 2.45) is 0 Å². The number of amides is 1. The maximum Gasteiger partial charge on any atom is 0.262 e. The van der Waals surface area contributed by atoms with Crippen molar-refractivity contribution < 1.29 is 4.79 Å². The number of para-hydroxylation sites is 1. The minimum absolute atomic E-state index is 0.0159. The molecule has 4 aromatic rings.